The first kappa shape index (κ1) is 28.5. The summed E-state index contributed by atoms with van der Waals surface area (Å²) in [6, 6.07) is 0.445. The monoisotopic (exact) mass is 595 g/mol. The van der Waals surface area contributed by atoms with Crippen molar-refractivity contribution in [1.82, 2.24) is 10.2 Å². The number of allylic oxidation sites excluding steroid dienone is 1. The quantitative estimate of drug-likeness (QED) is 0.279. The molecule has 0 aromatic heterocycles. The van der Waals surface area contributed by atoms with E-state index in [1.165, 1.54) is 43.1 Å². The first-order valence-electron chi connectivity index (χ1n) is 15.2. The number of halogens is 1. The number of nitrogens with two attached hydrogens (primary N) is 1. The van der Waals surface area contributed by atoms with E-state index in [-0.39, 0.29) is 41.6 Å². The second-order valence-corrected chi connectivity index (χ2v) is 14.0. The van der Waals surface area contributed by atoms with E-state index in [1.807, 2.05) is 0 Å². The molecule has 11 heteroatoms. The number of aliphatic hydroxyl groups excluding tert-OH is 2. The zero-order valence-electron chi connectivity index (χ0n) is 24.3. The van der Waals surface area contributed by atoms with E-state index in [9.17, 15) is 34.8 Å². The number of hydrogen-bond acceptors (Lipinski definition) is 9. The van der Waals surface area contributed by atoms with Gasteiger partial charge in [-0.1, -0.05) is 0 Å². The Morgan fingerprint density at radius 1 is 1.07 bits per heavy atom. The fourth-order valence-electron chi connectivity index (χ4n) is 9.97. The summed E-state index contributed by atoms with van der Waals surface area (Å²) in [5.41, 5.74) is 1.46. The molecule has 8 rings (SSSR count). The number of nitrogens with zero attached hydrogens (tertiary/aromatic N) is 1. The highest BCUT2D eigenvalue weighted by atomic mass is 19.1. The first-order chi connectivity index (χ1) is 20.3. The van der Waals surface area contributed by atoms with Gasteiger partial charge in [0.1, 0.15) is 28.7 Å². The fourth-order valence-corrected chi connectivity index (χ4v) is 9.97. The van der Waals surface area contributed by atoms with Crippen LogP contribution >= 0.6 is 0 Å². The van der Waals surface area contributed by atoms with Gasteiger partial charge < -0.3 is 31.5 Å². The highest BCUT2D eigenvalue weighted by Crippen LogP contribution is 2.55. The number of nitrogens with one attached hydrogen (secondary N) is 1. The molecule has 43 heavy (non-hydrogen) atoms. The molecule has 10 nitrogen and oxygen atoms in total. The van der Waals surface area contributed by atoms with Gasteiger partial charge in [-0.05, 0) is 94.7 Å². The molecule has 230 valence electrons. The Balaban J connectivity index is 1.24. The topological polar surface area (TPSA) is 173 Å². The minimum Gasteiger partial charge on any atom is -0.510 e. The lowest BCUT2D eigenvalue weighted by molar-refractivity contribution is -0.148. The Hall–Kier alpha value is -3.28. The van der Waals surface area contributed by atoms with Crippen LogP contribution in [0.15, 0.2) is 28.7 Å². The molecule has 0 aliphatic heterocycles. The lowest BCUT2D eigenvalue weighted by Gasteiger charge is -2.54. The molecule has 1 amide bonds. The zero-order chi connectivity index (χ0) is 30.7. The number of aliphatic hydroxyl groups is 3. The SMILES string of the molecule is CN(C)[C@@H]1C(O)=C(C(N)=O)C(=O)[C@@]2(O)C(O)=C3C(=O)c4c(O)cc(CNC5C6CC7CC(C6)CC5C7)c(F)c4C[C@H]3C[C@@H]12. The van der Waals surface area contributed by atoms with Crippen LogP contribution in [0.5, 0.6) is 5.75 Å². The van der Waals surface area contributed by atoms with Crippen LogP contribution < -0.4 is 11.1 Å². The fraction of sp³-hybridized carbons (Fsp3) is 0.594. The van der Waals surface area contributed by atoms with Gasteiger partial charge in [-0.25, -0.2) is 4.39 Å². The number of amides is 1. The number of carbonyl (C=O) groups excluding carboxylic acids is 3. The molecule has 0 saturated heterocycles. The maximum absolute atomic E-state index is 16.2. The van der Waals surface area contributed by atoms with Gasteiger partial charge in [0.2, 0.25) is 5.78 Å². The van der Waals surface area contributed by atoms with Crippen LogP contribution in [-0.2, 0) is 22.6 Å². The molecule has 1 aromatic carbocycles. The highest BCUT2D eigenvalue weighted by molar-refractivity contribution is 6.24. The third kappa shape index (κ3) is 3.90. The molecule has 7 aliphatic carbocycles. The molecule has 0 heterocycles. The van der Waals surface area contributed by atoms with Crippen molar-refractivity contribution in [3.8, 4) is 5.75 Å². The lowest BCUT2D eigenvalue weighted by atomic mass is 9.54. The smallest absolute Gasteiger partial charge is 0.255 e. The number of aromatic hydroxyl groups is 1. The molecule has 0 unspecified atom stereocenters. The summed E-state index contributed by atoms with van der Waals surface area (Å²) < 4.78 is 16.2. The Bertz CT molecular complexity index is 1500. The van der Waals surface area contributed by atoms with E-state index in [1.54, 1.807) is 14.1 Å². The number of carbonyl (C=O) groups is 3. The van der Waals surface area contributed by atoms with Gasteiger partial charge in [0.25, 0.3) is 5.91 Å². The summed E-state index contributed by atoms with van der Waals surface area (Å²) in [6.07, 6.45) is 5.99. The first-order valence-corrected chi connectivity index (χ1v) is 15.2. The van der Waals surface area contributed by atoms with Crippen LogP contribution in [-0.4, -0.2) is 74.6 Å². The van der Waals surface area contributed by atoms with Crippen molar-refractivity contribution in [1.29, 1.82) is 0 Å². The lowest BCUT2D eigenvalue weighted by Crippen LogP contribution is -2.63. The van der Waals surface area contributed by atoms with Gasteiger partial charge in [-0.2, -0.15) is 0 Å². The highest BCUT2D eigenvalue weighted by Gasteiger charge is 2.63. The van der Waals surface area contributed by atoms with Crippen LogP contribution in [0, 0.1) is 41.3 Å². The van der Waals surface area contributed by atoms with E-state index in [0.717, 1.165) is 11.8 Å². The van der Waals surface area contributed by atoms with Crippen LogP contribution in [0.1, 0.15) is 60.0 Å². The minimum atomic E-state index is -2.72. The summed E-state index contributed by atoms with van der Waals surface area (Å²) in [7, 11) is 3.13. The van der Waals surface area contributed by atoms with E-state index < -0.39 is 69.6 Å². The Morgan fingerprint density at radius 3 is 2.28 bits per heavy atom. The van der Waals surface area contributed by atoms with Crippen molar-refractivity contribution in [2.24, 2.45) is 41.2 Å². The number of rotatable bonds is 5. The number of benzene rings is 1. The number of phenols is 1. The van der Waals surface area contributed by atoms with Crippen molar-refractivity contribution in [2.75, 3.05) is 14.1 Å². The summed E-state index contributed by atoms with van der Waals surface area (Å²) in [4.78, 5) is 40.8. The third-order valence-electron chi connectivity index (χ3n) is 11.5. The van der Waals surface area contributed by atoms with E-state index in [2.05, 4.69) is 5.32 Å². The Morgan fingerprint density at radius 2 is 1.70 bits per heavy atom. The second kappa shape index (κ2) is 9.61. The number of ketones is 2. The van der Waals surface area contributed by atoms with Crippen molar-refractivity contribution >= 4 is 17.5 Å². The summed E-state index contributed by atoms with van der Waals surface area (Å²) in [6.45, 7) is 0.209. The van der Waals surface area contributed by atoms with Crippen LogP contribution in [0.2, 0.25) is 0 Å². The Labute approximate surface area is 248 Å². The predicted molar refractivity (Wildman–Crippen MR) is 151 cm³/mol. The number of hydrogen-bond donors (Lipinski definition) is 6. The van der Waals surface area contributed by atoms with E-state index in [0.29, 0.717) is 17.9 Å². The summed E-state index contributed by atoms with van der Waals surface area (Å²) in [5.74, 6) is -5.32. The molecule has 0 spiro atoms. The third-order valence-corrected chi connectivity index (χ3v) is 11.5. The van der Waals surface area contributed by atoms with Gasteiger partial charge in [-0.15, -0.1) is 0 Å². The van der Waals surface area contributed by atoms with Crippen molar-refractivity contribution in [3.63, 3.8) is 0 Å². The van der Waals surface area contributed by atoms with Gasteiger partial charge in [0.15, 0.2) is 11.4 Å². The molecule has 4 saturated carbocycles. The van der Waals surface area contributed by atoms with Gasteiger partial charge in [-0.3, -0.25) is 19.3 Å². The molecule has 4 fully saturated rings. The summed E-state index contributed by atoms with van der Waals surface area (Å²) in [5, 5.41) is 48.6. The number of Topliss-reactive ketones (excluding diaryl/α,β-unsaturated/α-hetero) is 2. The van der Waals surface area contributed by atoms with Gasteiger partial charge in [0, 0.05) is 35.2 Å². The maximum atomic E-state index is 16.2. The molecule has 7 N–H and O–H groups in total. The number of phenolic OH excluding ortho intramolecular Hbond substituents is 1. The van der Waals surface area contributed by atoms with Crippen molar-refractivity contribution in [3.05, 3.63) is 51.2 Å². The van der Waals surface area contributed by atoms with Gasteiger partial charge >= 0.3 is 0 Å². The average Bonchev–Trinajstić information content (AvgIpc) is 2.92. The minimum absolute atomic E-state index is 0.0278. The largest absolute Gasteiger partial charge is 0.510 e. The van der Waals surface area contributed by atoms with Crippen LogP contribution in [0.25, 0.3) is 0 Å². The molecular formula is C32H38FN3O7. The standard InChI is InChI=1S/C32H38FN3O7/c1-36(2)26-19-9-14-8-18-22(27(38)21(14)29(40)32(19,43)30(41)23(28(26)39)31(34)42)20(37)10-17(24(18)33)11-35-25-15-4-12-3-13(6-15)7-16(25)5-12/h10,12-16,19,25-26,35,37,39-40,43H,3-9,11H2,1-2H3,(H2,34,42)/t12?,13?,14-,15?,16?,19-,25?,26-,32-/m0/s1. The Kier molecular flexibility index (Phi) is 6.37. The molecule has 4 atom stereocenters. The maximum Gasteiger partial charge on any atom is 0.255 e. The average molecular weight is 596 g/mol. The molecule has 0 radical (unpaired) electrons. The molecule has 7 aliphatic rings. The number of likely N-dealkylation sites (N-methyl/N-ethyl adjacent to an activating group) is 1. The zero-order valence-corrected chi connectivity index (χ0v) is 24.3. The molecular weight excluding hydrogens is 557 g/mol. The number of primary amides is 1. The van der Waals surface area contributed by atoms with Gasteiger partial charge in [0.05, 0.1) is 11.6 Å². The molecule has 1 aromatic rings. The normalized spacial score (nSPS) is 38.0. The number of fused-ring (bicyclic) bond motifs is 3. The van der Waals surface area contributed by atoms with Crippen molar-refractivity contribution in [2.45, 2.75) is 69.2 Å². The van der Waals surface area contributed by atoms with E-state index in [4.69, 9.17) is 5.73 Å². The predicted octanol–water partition coefficient (Wildman–Crippen LogP) is 2.17. The van der Waals surface area contributed by atoms with Crippen molar-refractivity contribution < 1.29 is 39.2 Å². The molecule has 4 bridgehead atoms. The van der Waals surface area contributed by atoms with E-state index >= 15 is 4.39 Å². The van der Waals surface area contributed by atoms with Crippen LogP contribution in [0.3, 0.4) is 0 Å². The van der Waals surface area contributed by atoms with Crippen LogP contribution in [0.4, 0.5) is 4.39 Å². The second-order valence-electron chi connectivity index (χ2n) is 14.0. The summed E-state index contributed by atoms with van der Waals surface area (Å²) >= 11 is 0.